The van der Waals surface area contributed by atoms with Gasteiger partial charge in [-0.15, -0.1) is 0 Å². The Bertz CT molecular complexity index is 314. The van der Waals surface area contributed by atoms with Crippen molar-refractivity contribution in [2.45, 2.75) is 0 Å². The van der Waals surface area contributed by atoms with Crippen molar-refractivity contribution in [3.63, 3.8) is 0 Å². The first-order chi connectivity index (χ1) is 5.66. The number of aromatic carboxylic acids is 1. The van der Waals surface area contributed by atoms with E-state index in [0.717, 1.165) is 12.4 Å². The maximum absolute atomic E-state index is 13.0. The van der Waals surface area contributed by atoms with Crippen molar-refractivity contribution in [2.75, 3.05) is 7.11 Å². The van der Waals surface area contributed by atoms with E-state index in [4.69, 9.17) is 5.11 Å². The number of nitrogens with zero attached hydrogens (tertiary/aromatic N) is 1. The van der Waals surface area contributed by atoms with Crippen molar-refractivity contribution in [2.24, 2.45) is 0 Å². The number of hydrogen-bond donors (Lipinski definition) is 1. The second kappa shape index (κ2) is 3.17. The van der Waals surface area contributed by atoms with E-state index in [9.17, 15) is 9.18 Å². The van der Waals surface area contributed by atoms with Crippen LogP contribution in [0.1, 0.15) is 10.4 Å². The van der Waals surface area contributed by atoms with Crippen molar-refractivity contribution in [1.82, 2.24) is 4.98 Å². The zero-order chi connectivity index (χ0) is 9.14. The molecule has 1 N–H and O–H groups in total. The third-order valence-corrected chi connectivity index (χ3v) is 1.30. The second-order valence-corrected chi connectivity index (χ2v) is 2.01. The maximum Gasteiger partial charge on any atom is 0.340 e. The lowest BCUT2D eigenvalue weighted by molar-refractivity contribution is 0.0690. The number of rotatable bonds is 2. The molecule has 0 saturated carbocycles. The van der Waals surface area contributed by atoms with Crippen LogP contribution in [-0.4, -0.2) is 23.2 Å². The van der Waals surface area contributed by atoms with Crippen LogP contribution in [0.3, 0.4) is 0 Å². The molecule has 0 bridgehead atoms. The molecule has 1 aromatic rings. The fourth-order valence-electron chi connectivity index (χ4n) is 0.717. The molecule has 12 heavy (non-hydrogen) atoms. The van der Waals surface area contributed by atoms with Crippen LogP contribution in [0.4, 0.5) is 4.39 Å². The Kier molecular flexibility index (Phi) is 2.23. The predicted octanol–water partition coefficient (Wildman–Crippen LogP) is 0.927. The monoisotopic (exact) mass is 171 g/mol. The van der Waals surface area contributed by atoms with E-state index in [-0.39, 0.29) is 5.75 Å². The van der Waals surface area contributed by atoms with Gasteiger partial charge in [-0.1, -0.05) is 0 Å². The smallest absolute Gasteiger partial charge is 0.340 e. The summed E-state index contributed by atoms with van der Waals surface area (Å²) in [7, 11) is 1.24. The number of carboxylic acids is 1. The summed E-state index contributed by atoms with van der Waals surface area (Å²) >= 11 is 0. The number of ether oxygens (including phenoxy) is 1. The highest BCUT2D eigenvalue weighted by molar-refractivity contribution is 5.87. The number of pyridine rings is 1. The highest BCUT2D eigenvalue weighted by atomic mass is 19.1. The van der Waals surface area contributed by atoms with Crippen LogP contribution in [-0.2, 0) is 0 Å². The molecule has 0 amide bonds. The lowest BCUT2D eigenvalue weighted by atomic mass is 10.2. The van der Waals surface area contributed by atoms with Gasteiger partial charge in [0.25, 0.3) is 0 Å². The summed E-state index contributed by atoms with van der Waals surface area (Å²) < 4.78 is 17.5. The number of aromatic nitrogens is 1. The summed E-state index contributed by atoms with van der Waals surface area (Å²) in [6.07, 6.45) is 2.04. The van der Waals surface area contributed by atoms with Gasteiger partial charge in [0.1, 0.15) is 5.56 Å². The molecular formula is C7H6FNO3. The Morgan fingerprint density at radius 1 is 1.67 bits per heavy atom. The highest BCUT2D eigenvalue weighted by Crippen LogP contribution is 2.17. The summed E-state index contributed by atoms with van der Waals surface area (Å²) in [6.45, 7) is 0. The van der Waals surface area contributed by atoms with E-state index in [0.29, 0.717) is 0 Å². The van der Waals surface area contributed by atoms with Crippen LogP contribution < -0.4 is 4.74 Å². The minimum absolute atomic E-state index is 0.171. The quantitative estimate of drug-likeness (QED) is 0.718. The van der Waals surface area contributed by atoms with Gasteiger partial charge in [-0.25, -0.2) is 9.18 Å². The normalized spacial score (nSPS) is 9.50. The third kappa shape index (κ3) is 1.34. The molecule has 0 aliphatic rings. The first-order valence-electron chi connectivity index (χ1n) is 3.07. The molecule has 0 atom stereocenters. The van der Waals surface area contributed by atoms with E-state index in [1.54, 1.807) is 0 Å². The van der Waals surface area contributed by atoms with Gasteiger partial charge in [0.15, 0.2) is 11.6 Å². The largest absolute Gasteiger partial charge is 0.492 e. The average molecular weight is 171 g/mol. The zero-order valence-electron chi connectivity index (χ0n) is 6.24. The molecule has 1 aromatic heterocycles. The molecule has 0 aromatic carbocycles. The summed E-state index contributed by atoms with van der Waals surface area (Å²) in [5, 5.41) is 8.45. The fraction of sp³-hybridized carbons (Fsp3) is 0.143. The Morgan fingerprint density at radius 3 is 2.83 bits per heavy atom. The standard InChI is InChI=1S/C7H6FNO3/c1-12-5-3-9-2-4(6(5)8)7(10)11/h2-3H,1H3,(H,10,11). The van der Waals surface area contributed by atoms with Gasteiger partial charge in [0.2, 0.25) is 0 Å². The van der Waals surface area contributed by atoms with Crippen LogP contribution in [0.2, 0.25) is 0 Å². The molecule has 64 valence electrons. The van der Waals surface area contributed by atoms with Crippen LogP contribution in [0.5, 0.6) is 5.75 Å². The molecule has 0 unspecified atom stereocenters. The Morgan fingerprint density at radius 2 is 2.33 bits per heavy atom. The summed E-state index contributed by atoms with van der Waals surface area (Å²) in [6, 6.07) is 0. The van der Waals surface area contributed by atoms with E-state index in [2.05, 4.69) is 9.72 Å². The number of carbonyl (C=O) groups is 1. The maximum atomic E-state index is 13.0. The molecule has 0 saturated heterocycles. The van der Waals surface area contributed by atoms with Gasteiger partial charge in [0, 0.05) is 6.20 Å². The van der Waals surface area contributed by atoms with Crippen molar-refractivity contribution in [3.05, 3.63) is 23.8 Å². The molecule has 4 nitrogen and oxygen atoms in total. The molecule has 1 rings (SSSR count). The van der Waals surface area contributed by atoms with Crippen molar-refractivity contribution < 1.29 is 19.0 Å². The summed E-state index contributed by atoms with van der Waals surface area (Å²) in [5.74, 6) is -2.44. The van der Waals surface area contributed by atoms with Gasteiger partial charge in [0.05, 0.1) is 13.3 Å². The lowest BCUT2D eigenvalue weighted by Gasteiger charge is -2.01. The fourth-order valence-corrected chi connectivity index (χ4v) is 0.717. The molecule has 0 spiro atoms. The van der Waals surface area contributed by atoms with Crippen molar-refractivity contribution in [3.8, 4) is 5.75 Å². The van der Waals surface area contributed by atoms with Crippen LogP contribution in [0.15, 0.2) is 12.4 Å². The van der Waals surface area contributed by atoms with Crippen LogP contribution in [0.25, 0.3) is 0 Å². The SMILES string of the molecule is COc1cncc(C(=O)O)c1F. The Labute approximate surface area is 67.6 Å². The van der Waals surface area contributed by atoms with Gasteiger partial charge in [-0.2, -0.15) is 0 Å². The Hall–Kier alpha value is -1.65. The topological polar surface area (TPSA) is 59.4 Å². The predicted molar refractivity (Wildman–Crippen MR) is 37.7 cm³/mol. The number of carboxylic acid groups (broad SMARTS) is 1. The third-order valence-electron chi connectivity index (χ3n) is 1.30. The molecule has 0 aliphatic carbocycles. The van der Waals surface area contributed by atoms with E-state index in [1.165, 1.54) is 7.11 Å². The average Bonchev–Trinajstić information content (AvgIpc) is 2.04. The van der Waals surface area contributed by atoms with Gasteiger partial charge in [-0.3, -0.25) is 4.98 Å². The first-order valence-corrected chi connectivity index (χ1v) is 3.07. The Balaban J connectivity index is 3.23. The molecule has 0 radical (unpaired) electrons. The molecule has 1 heterocycles. The molecular weight excluding hydrogens is 165 g/mol. The number of hydrogen-bond acceptors (Lipinski definition) is 3. The lowest BCUT2D eigenvalue weighted by Crippen LogP contribution is -2.03. The molecule has 5 heteroatoms. The van der Waals surface area contributed by atoms with E-state index in [1.807, 2.05) is 0 Å². The van der Waals surface area contributed by atoms with Crippen molar-refractivity contribution >= 4 is 5.97 Å². The minimum atomic E-state index is -1.36. The zero-order valence-corrected chi connectivity index (χ0v) is 6.24. The first kappa shape index (κ1) is 8.45. The van der Waals surface area contributed by atoms with E-state index < -0.39 is 17.3 Å². The van der Waals surface area contributed by atoms with Crippen molar-refractivity contribution in [1.29, 1.82) is 0 Å². The van der Waals surface area contributed by atoms with Gasteiger partial charge in [-0.05, 0) is 0 Å². The molecule has 0 aliphatic heterocycles. The van der Waals surface area contributed by atoms with Crippen LogP contribution in [0, 0.1) is 5.82 Å². The summed E-state index contributed by atoms with van der Waals surface area (Å²) in [4.78, 5) is 13.8. The number of halogens is 1. The number of methoxy groups -OCH3 is 1. The highest BCUT2D eigenvalue weighted by Gasteiger charge is 2.14. The van der Waals surface area contributed by atoms with E-state index >= 15 is 0 Å². The van der Waals surface area contributed by atoms with Crippen LogP contribution >= 0.6 is 0 Å². The second-order valence-electron chi connectivity index (χ2n) is 2.01. The summed E-state index contributed by atoms with van der Waals surface area (Å²) in [5.41, 5.74) is -0.491. The van der Waals surface area contributed by atoms with Gasteiger partial charge >= 0.3 is 5.97 Å². The molecule has 0 fully saturated rings. The van der Waals surface area contributed by atoms with Gasteiger partial charge < -0.3 is 9.84 Å². The minimum Gasteiger partial charge on any atom is -0.492 e.